The maximum atomic E-state index is 14.5. The predicted molar refractivity (Wildman–Crippen MR) is 154 cm³/mol. The van der Waals surface area contributed by atoms with E-state index in [-0.39, 0.29) is 35.1 Å². The van der Waals surface area contributed by atoms with E-state index >= 15 is 0 Å². The lowest BCUT2D eigenvalue weighted by molar-refractivity contribution is -0.155. The van der Waals surface area contributed by atoms with E-state index in [1.54, 1.807) is 7.05 Å². The first-order valence-corrected chi connectivity index (χ1v) is 15.7. The summed E-state index contributed by atoms with van der Waals surface area (Å²) in [4.78, 5) is 16.6. The summed E-state index contributed by atoms with van der Waals surface area (Å²) < 4.78 is 27.8. The molecule has 2 saturated carbocycles. The summed E-state index contributed by atoms with van der Waals surface area (Å²) in [6.07, 6.45) is 6.40. The highest BCUT2D eigenvalue weighted by Crippen LogP contribution is 2.54. The number of hydrogen-bond acceptors (Lipinski definition) is 3. The van der Waals surface area contributed by atoms with Crippen molar-refractivity contribution in [1.29, 1.82) is 0 Å². The third-order valence-electron chi connectivity index (χ3n) is 8.53. The number of benzene rings is 2. The summed E-state index contributed by atoms with van der Waals surface area (Å²) in [6.45, 7) is 6.28. The Labute approximate surface area is 236 Å². The molecule has 2 aliphatic carbocycles. The van der Waals surface area contributed by atoms with Gasteiger partial charge in [0, 0.05) is 35.6 Å². The van der Waals surface area contributed by atoms with Gasteiger partial charge in [0.2, 0.25) is 15.9 Å². The van der Waals surface area contributed by atoms with Crippen LogP contribution >= 0.6 is 23.2 Å². The molecule has 204 valence electrons. The van der Waals surface area contributed by atoms with Gasteiger partial charge < -0.3 is 4.90 Å². The van der Waals surface area contributed by atoms with Crippen molar-refractivity contribution in [3.63, 3.8) is 0 Å². The van der Waals surface area contributed by atoms with E-state index in [0.29, 0.717) is 42.3 Å². The molecule has 38 heavy (non-hydrogen) atoms. The number of piperidine rings is 1. The highest BCUT2D eigenvalue weighted by atomic mass is 35.5. The zero-order chi connectivity index (χ0) is 27.2. The van der Waals surface area contributed by atoms with E-state index in [4.69, 9.17) is 23.2 Å². The van der Waals surface area contributed by atoms with Gasteiger partial charge in [-0.2, -0.15) is 0 Å². The Morgan fingerprint density at radius 2 is 1.76 bits per heavy atom. The molecule has 0 N–H and O–H groups in total. The molecular weight excluding hydrogens is 539 g/mol. The van der Waals surface area contributed by atoms with Crippen LogP contribution in [0.5, 0.6) is 0 Å². The number of allylic oxidation sites excluding steroid dienone is 1. The van der Waals surface area contributed by atoms with Gasteiger partial charge in [-0.05, 0) is 79.8 Å². The van der Waals surface area contributed by atoms with Crippen molar-refractivity contribution in [2.75, 3.05) is 13.6 Å². The molecule has 3 fully saturated rings. The zero-order valence-electron chi connectivity index (χ0n) is 22.0. The molecule has 5 nitrogen and oxygen atoms in total. The minimum Gasteiger partial charge on any atom is -0.330 e. The van der Waals surface area contributed by atoms with Gasteiger partial charge in [0.25, 0.3) is 0 Å². The first-order chi connectivity index (χ1) is 18.0. The lowest BCUT2D eigenvalue weighted by atomic mass is 9.67. The number of sulfonamides is 1. The lowest BCUT2D eigenvalue weighted by Crippen LogP contribution is -2.58. The number of carbonyl (C=O) groups excluding carboxylic acids is 1. The van der Waals surface area contributed by atoms with E-state index in [9.17, 15) is 13.2 Å². The van der Waals surface area contributed by atoms with Crippen LogP contribution < -0.4 is 0 Å². The molecule has 1 aliphatic heterocycles. The number of hydrogen-bond donors (Lipinski definition) is 0. The molecule has 0 spiro atoms. The van der Waals surface area contributed by atoms with Gasteiger partial charge in [-0.3, -0.25) is 4.79 Å². The van der Waals surface area contributed by atoms with E-state index in [0.717, 1.165) is 24.0 Å². The number of amides is 1. The molecular formula is C30H36Cl2N2O3S. The minimum atomic E-state index is -3.38. The summed E-state index contributed by atoms with van der Waals surface area (Å²) in [5.41, 5.74) is 1.39. The molecule has 0 radical (unpaired) electrons. The number of likely N-dealkylation sites (N-methyl/N-ethyl adjacent to an activating group) is 1. The molecule has 2 aromatic carbocycles. The maximum absolute atomic E-state index is 14.5. The van der Waals surface area contributed by atoms with Crippen molar-refractivity contribution < 1.29 is 13.2 Å². The summed E-state index contributed by atoms with van der Waals surface area (Å²) in [5, 5.41) is 0.995. The van der Waals surface area contributed by atoms with Crippen LogP contribution in [0.3, 0.4) is 0 Å². The normalized spacial score (nSPS) is 27.0. The standard InChI is InChI=1S/C30H36Cl2N2O3S/c1-4-16-30(2)18-26(22-6-5-7-24(32)17-22)28(21-10-12-23(31)13-11-21)34(29(30)35)27(20-8-9-20)19-33(3)38(36,37)25-14-15-25/h4-7,10-13,17,20,25-28H,1,8-9,14-16,18-19H2,2-3H3/t26-,27+,28-,30+/m1/s1. The van der Waals surface area contributed by atoms with Crippen LogP contribution in [0, 0.1) is 11.3 Å². The van der Waals surface area contributed by atoms with Crippen LogP contribution in [0.15, 0.2) is 61.2 Å². The fourth-order valence-electron chi connectivity index (χ4n) is 6.19. The third kappa shape index (κ3) is 5.42. The van der Waals surface area contributed by atoms with Gasteiger partial charge in [0.1, 0.15) is 0 Å². The van der Waals surface area contributed by atoms with Gasteiger partial charge in [-0.25, -0.2) is 12.7 Å². The quantitative estimate of drug-likeness (QED) is 0.292. The van der Waals surface area contributed by atoms with Crippen LogP contribution in [-0.4, -0.2) is 48.4 Å². The molecule has 0 bridgehead atoms. The van der Waals surface area contributed by atoms with Crippen molar-refractivity contribution in [2.24, 2.45) is 11.3 Å². The van der Waals surface area contributed by atoms with Crippen LogP contribution in [0.1, 0.15) is 68.5 Å². The topological polar surface area (TPSA) is 57.7 Å². The van der Waals surface area contributed by atoms with Crippen molar-refractivity contribution in [2.45, 2.75) is 68.7 Å². The first kappa shape index (κ1) is 27.7. The van der Waals surface area contributed by atoms with Crippen molar-refractivity contribution in [3.8, 4) is 0 Å². The number of halogens is 2. The Hall–Kier alpha value is -1.86. The Balaban J connectivity index is 1.64. The Morgan fingerprint density at radius 3 is 2.34 bits per heavy atom. The summed E-state index contributed by atoms with van der Waals surface area (Å²) in [7, 11) is -1.70. The molecule has 0 unspecified atom stereocenters. The fraction of sp³-hybridized carbons (Fsp3) is 0.500. The second-order valence-electron chi connectivity index (χ2n) is 11.6. The second kappa shape index (κ2) is 10.6. The second-order valence-corrected chi connectivity index (χ2v) is 14.8. The minimum absolute atomic E-state index is 0.0379. The zero-order valence-corrected chi connectivity index (χ0v) is 24.4. The lowest BCUT2D eigenvalue weighted by Gasteiger charge is -2.52. The third-order valence-corrected chi connectivity index (χ3v) is 11.4. The Bertz CT molecular complexity index is 1310. The number of rotatable bonds is 10. The van der Waals surface area contributed by atoms with Gasteiger partial charge in [-0.1, -0.05) is 60.5 Å². The fourth-order valence-corrected chi connectivity index (χ4v) is 8.11. The first-order valence-electron chi connectivity index (χ1n) is 13.4. The number of carbonyl (C=O) groups is 1. The molecule has 2 aromatic rings. The van der Waals surface area contributed by atoms with Crippen LogP contribution in [0.2, 0.25) is 10.0 Å². The molecule has 4 atom stereocenters. The SMILES string of the molecule is C=CC[C@@]1(C)C[C@H](c2cccc(Cl)c2)[C@@H](c2ccc(Cl)cc2)N([C@@H](CN(C)S(=O)(=O)C2CC2)C2CC2)C1=O. The van der Waals surface area contributed by atoms with Gasteiger partial charge in [0.05, 0.1) is 16.7 Å². The maximum Gasteiger partial charge on any atom is 0.229 e. The largest absolute Gasteiger partial charge is 0.330 e. The average Bonchev–Trinajstić information content (AvgIpc) is 3.78. The predicted octanol–water partition coefficient (Wildman–Crippen LogP) is 6.84. The molecule has 1 amide bonds. The Morgan fingerprint density at radius 1 is 1.08 bits per heavy atom. The van der Waals surface area contributed by atoms with Crippen molar-refractivity contribution in [3.05, 3.63) is 82.4 Å². The van der Waals surface area contributed by atoms with Crippen LogP contribution in [0.4, 0.5) is 0 Å². The molecule has 1 saturated heterocycles. The smallest absolute Gasteiger partial charge is 0.229 e. The number of nitrogens with zero attached hydrogens (tertiary/aromatic N) is 2. The highest BCUT2D eigenvalue weighted by Gasteiger charge is 2.54. The summed E-state index contributed by atoms with van der Waals surface area (Å²) >= 11 is 12.7. The molecule has 0 aromatic heterocycles. The van der Waals surface area contributed by atoms with E-state index < -0.39 is 15.4 Å². The van der Waals surface area contributed by atoms with E-state index in [1.165, 1.54) is 4.31 Å². The van der Waals surface area contributed by atoms with Crippen molar-refractivity contribution in [1.82, 2.24) is 9.21 Å². The van der Waals surface area contributed by atoms with Crippen molar-refractivity contribution >= 4 is 39.1 Å². The van der Waals surface area contributed by atoms with Crippen LogP contribution in [0.25, 0.3) is 0 Å². The van der Waals surface area contributed by atoms with E-state index in [2.05, 4.69) is 12.6 Å². The number of likely N-dealkylation sites (tertiary alicyclic amines) is 1. The molecule has 3 aliphatic rings. The summed E-state index contributed by atoms with van der Waals surface area (Å²) in [6, 6.07) is 15.1. The van der Waals surface area contributed by atoms with Crippen LogP contribution in [-0.2, 0) is 14.8 Å². The van der Waals surface area contributed by atoms with Gasteiger partial charge in [0.15, 0.2) is 0 Å². The van der Waals surface area contributed by atoms with E-state index in [1.807, 2.05) is 60.4 Å². The van der Waals surface area contributed by atoms with Gasteiger partial charge in [-0.15, -0.1) is 6.58 Å². The van der Waals surface area contributed by atoms with Gasteiger partial charge >= 0.3 is 0 Å². The highest BCUT2D eigenvalue weighted by molar-refractivity contribution is 7.90. The monoisotopic (exact) mass is 574 g/mol. The molecule has 5 rings (SSSR count). The molecule has 8 heteroatoms. The molecule has 1 heterocycles. The Kier molecular flexibility index (Phi) is 7.73. The average molecular weight is 576 g/mol. The summed E-state index contributed by atoms with van der Waals surface area (Å²) in [5.74, 6) is 0.283.